The lowest BCUT2D eigenvalue weighted by molar-refractivity contribution is -0.680. The quantitative estimate of drug-likeness (QED) is 0.289. The van der Waals surface area contributed by atoms with Gasteiger partial charge in [0.25, 0.3) is 0 Å². The summed E-state index contributed by atoms with van der Waals surface area (Å²) in [5.74, 6) is 2.26. The fraction of sp³-hybridized carbons (Fsp3) is 0.788. The minimum Gasteiger partial charge on any atom is -0.480 e. The van der Waals surface area contributed by atoms with E-state index in [2.05, 4.69) is 31.0 Å². The van der Waals surface area contributed by atoms with Crippen molar-refractivity contribution in [3.8, 4) is 5.75 Å². The minimum absolute atomic E-state index is 0.145. The normalized spacial score (nSPS) is 37.0. The number of ether oxygens (including phenoxy) is 1. The van der Waals surface area contributed by atoms with Crippen LogP contribution < -0.4 is 4.74 Å². The average Bonchev–Trinajstić information content (AvgIpc) is 2.93. The van der Waals surface area contributed by atoms with Crippen LogP contribution >= 0.6 is 0 Å². The fourth-order valence-electron chi connectivity index (χ4n) is 8.44. The largest absolute Gasteiger partial charge is 0.480 e. The summed E-state index contributed by atoms with van der Waals surface area (Å²) >= 11 is 0. The lowest BCUT2D eigenvalue weighted by Crippen LogP contribution is -2.64. The zero-order valence-corrected chi connectivity index (χ0v) is 25.0. The number of rotatable bonds is 10. The molecule has 5 saturated carbocycles. The number of hydrogen-bond acceptors (Lipinski definition) is 7. The highest BCUT2D eigenvalue weighted by molar-refractivity contribution is 5.86. The number of benzene rings is 1. The third kappa shape index (κ3) is 5.61. The van der Waals surface area contributed by atoms with Crippen LogP contribution in [0.25, 0.3) is 0 Å². The van der Waals surface area contributed by atoms with E-state index in [1.807, 2.05) is 26.0 Å². The second-order valence-corrected chi connectivity index (χ2v) is 14.1. The van der Waals surface area contributed by atoms with E-state index in [1.54, 1.807) is 0 Å². The summed E-state index contributed by atoms with van der Waals surface area (Å²) in [7, 11) is 2.11. The van der Waals surface area contributed by atoms with E-state index >= 15 is 0 Å². The first kappa shape index (κ1) is 28.6. The van der Waals surface area contributed by atoms with Gasteiger partial charge in [-0.05, 0) is 127 Å². The summed E-state index contributed by atoms with van der Waals surface area (Å²) in [5, 5.41) is 0. The highest BCUT2D eigenvalue weighted by Crippen LogP contribution is 2.62. The molecule has 5 aliphatic carbocycles. The summed E-state index contributed by atoms with van der Waals surface area (Å²) in [6, 6.07) is 8.27. The van der Waals surface area contributed by atoms with Crippen molar-refractivity contribution in [1.82, 2.24) is 4.90 Å². The Balaban J connectivity index is 0.977. The summed E-state index contributed by atoms with van der Waals surface area (Å²) in [5.41, 5.74) is 0.437. The molecule has 2 spiro atoms. The monoisotopic (exact) mass is 555 g/mol. The van der Waals surface area contributed by atoms with Crippen LogP contribution in [0.4, 0.5) is 0 Å². The Morgan fingerprint density at radius 1 is 0.925 bits per heavy atom. The van der Waals surface area contributed by atoms with E-state index in [0.29, 0.717) is 24.2 Å². The molecule has 0 amide bonds. The zero-order chi connectivity index (χ0) is 28.0. The summed E-state index contributed by atoms with van der Waals surface area (Å²) < 4.78 is 6.16. The van der Waals surface area contributed by atoms with Crippen molar-refractivity contribution in [3.63, 3.8) is 0 Å². The predicted octanol–water partition coefficient (Wildman–Crippen LogP) is 6.95. The SMILES string of the molecule is CCCN(C)CCCC(=O)C(C)(C)Oc1ccc(C2CCC3(CC2)OOC2(OO3)C3CC4CC(C3)CC2C4)cc1. The molecule has 1 aliphatic heterocycles. The molecule has 222 valence electrons. The summed E-state index contributed by atoms with van der Waals surface area (Å²) in [6.07, 6.45) is 12.0. The van der Waals surface area contributed by atoms with Crippen LogP contribution in [-0.2, 0) is 24.3 Å². The van der Waals surface area contributed by atoms with Gasteiger partial charge in [-0.1, -0.05) is 19.1 Å². The van der Waals surface area contributed by atoms with Gasteiger partial charge in [0.15, 0.2) is 11.4 Å². The standard InChI is InChI=1S/C33H49NO6/c1-5-16-34(4)17-6-7-30(35)31(2,3)36-29-10-8-25(9-11-29)26-12-14-32(15-13-26)37-39-33(40-38-32)27-19-23-18-24(21-27)22-28(33)20-23/h8-11,23-24,26-28H,5-7,12-22H2,1-4H3. The van der Waals surface area contributed by atoms with Crippen LogP contribution in [0.3, 0.4) is 0 Å². The smallest absolute Gasteiger partial charge is 0.239 e. The second-order valence-electron chi connectivity index (χ2n) is 14.1. The Labute approximate surface area is 240 Å². The number of hydrogen-bond donors (Lipinski definition) is 0. The first-order valence-electron chi connectivity index (χ1n) is 15.9. The third-order valence-electron chi connectivity index (χ3n) is 10.6. The Morgan fingerprint density at radius 2 is 1.52 bits per heavy atom. The molecule has 1 heterocycles. The number of carbonyl (C=O) groups is 1. The van der Waals surface area contributed by atoms with Gasteiger partial charge in [0.05, 0.1) is 0 Å². The maximum atomic E-state index is 12.9. The van der Waals surface area contributed by atoms with Crippen LogP contribution in [0, 0.1) is 23.7 Å². The van der Waals surface area contributed by atoms with Gasteiger partial charge in [0, 0.05) is 31.1 Å². The molecule has 6 aliphatic rings. The molecule has 0 unspecified atom stereocenters. The molecule has 0 aromatic heterocycles. The maximum Gasteiger partial charge on any atom is 0.239 e. The van der Waals surface area contributed by atoms with Gasteiger partial charge in [0.1, 0.15) is 5.75 Å². The molecule has 7 rings (SSSR count). The third-order valence-corrected chi connectivity index (χ3v) is 10.6. The van der Waals surface area contributed by atoms with Crippen molar-refractivity contribution in [3.05, 3.63) is 29.8 Å². The van der Waals surface area contributed by atoms with E-state index in [4.69, 9.17) is 24.3 Å². The molecule has 4 bridgehead atoms. The molecule has 6 fully saturated rings. The van der Waals surface area contributed by atoms with E-state index in [1.165, 1.54) is 37.7 Å². The van der Waals surface area contributed by atoms with E-state index < -0.39 is 17.2 Å². The molecular formula is C33H49NO6. The fourth-order valence-corrected chi connectivity index (χ4v) is 8.44. The first-order valence-corrected chi connectivity index (χ1v) is 15.9. The molecule has 1 aromatic rings. The lowest BCUT2D eigenvalue weighted by Gasteiger charge is -2.60. The van der Waals surface area contributed by atoms with Crippen LogP contribution in [0.1, 0.15) is 109 Å². The van der Waals surface area contributed by atoms with E-state index in [-0.39, 0.29) is 5.78 Å². The number of nitrogens with zero attached hydrogens (tertiary/aromatic N) is 1. The maximum absolute atomic E-state index is 12.9. The highest BCUT2D eigenvalue weighted by Gasteiger charge is 2.64. The minimum atomic E-state index is -0.841. The van der Waals surface area contributed by atoms with Crippen LogP contribution in [0.2, 0.25) is 0 Å². The van der Waals surface area contributed by atoms with E-state index in [0.717, 1.165) is 69.2 Å². The summed E-state index contributed by atoms with van der Waals surface area (Å²) in [6.45, 7) is 7.92. The van der Waals surface area contributed by atoms with Crippen LogP contribution in [-0.4, -0.2) is 48.0 Å². The molecule has 7 heteroatoms. The first-order chi connectivity index (χ1) is 19.2. The number of carbonyl (C=O) groups excluding carboxylic acids is 1. The Hall–Kier alpha value is -1.51. The van der Waals surface area contributed by atoms with Crippen molar-refractivity contribution in [2.24, 2.45) is 23.7 Å². The van der Waals surface area contributed by atoms with Crippen molar-refractivity contribution in [2.45, 2.75) is 121 Å². The molecule has 0 radical (unpaired) electrons. The second kappa shape index (κ2) is 11.3. The Morgan fingerprint density at radius 3 is 2.10 bits per heavy atom. The van der Waals surface area contributed by atoms with Crippen molar-refractivity contribution >= 4 is 5.78 Å². The Bertz CT molecular complexity index is 990. The number of ketones is 1. The van der Waals surface area contributed by atoms with Crippen LogP contribution in [0.15, 0.2) is 24.3 Å². The van der Waals surface area contributed by atoms with Crippen molar-refractivity contribution in [1.29, 1.82) is 0 Å². The summed E-state index contributed by atoms with van der Waals surface area (Å²) in [4.78, 5) is 39.8. The van der Waals surface area contributed by atoms with Gasteiger partial charge in [-0.2, -0.15) is 19.6 Å². The van der Waals surface area contributed by atoms with Crippen molar-refractivity contribution in [2.75, 3.05) is 20.1 Å². The van der Waals surface area contributed by atoms with Gasteiger partial charge < -0.3 is 9.64 Å². The van der Waals surface area contributed by atoms with Gasteiger partial charge in [-0.3, -0.25) is 4.79 Å². The molecule has 0 N–H and O–H groups in total. The molecule has 0 atom stereocenters. The van der Waals surface area contributed by atoms with E-state index in [9.17, 15) is 4.79 Å². The van der Waals surface area contributed by atoms with Gasteiger partial charge >= 0.3 is 0 Å². The lowest BCUT2D eigenvalue weighted by atomic mass is 9.53. The topological polar surface area (TPSA) is 66.5 Å². The molecule has 1 saturated heterocycles. The zero-order valence-electron chi connectivity index (χ0n) is 25.0. The average molecular weight is 556 g/mol. The molecule has 1 aromatic carbocycles. The molecule has 7 nitrogen and oxygen atoms in total. The molecule has 40 heavy (non-hydrogen) atoms. The van der Waals surface area contributed by atoms with Gasteiger partial charge in [0.2, 0.25) is 11.6 Å². The van der Waals surface area contributed by atoms with Gasteiger partial charge in [-0.15, -0.1) is 0 Å². The van der Waals surface area contributed by atoms with Crippen LogP contribution in [0.5, 0.6) is 5.75 Å². The highest BCUT2D eigenvalue weighted by atomic mass is 17.4. The Kier molecular flexibility index (Phi) is 8.07. The molecular weight excluding hydrogens is 506 g/mol. The number of Topliss-reactive ketones (excluding diaryl/α,β-unsaturated/α-hetero) is 1. The van der Waals surface area contributed by atoms with Gasteiger partial charge in [-0.25, -0.2) is 0 Å². The van der Waals surface area contributed by atoms with Crippen molar-refractivity contribution < 1.29 is 29.1 Å². The predicted molar refractivity (Wildman–Crippen MR) is 151 cm³/mol.